The average Bonchev–Trinajstić information content (AvgIpc) is 2.21. The van der Waals surface area contributed by atoms with Crippen molar-refractivity contribution in [3.8, 4) is 12.3 Å². The monoisotopic (exact) mass is 144 g/mol. The molecule has 0 spiro atoms. The van der Waals surface area contributed by atoms with Crippen LogP contribution in [-0.4, -0.2) is 5.78 Å². The molecule has 1 fully saturated rings. The molecule has 1 saturated carbocycles. The number of hydrogen-bond donors (Lipinski definition) is 0. The summed E-state index contributed by atoms with van der Waals surface area (Å²) in [6.45, 7) is 0. The molecule has 0 atom stereocenters. The zero-order valence-electron chi connectivity index (χ0n) is 13.3. The van der Waals surface area contributed by atoms with E-state index in [-0.39, 0.29) is 0 Å². The lowest BCUT2D eigenvalue weighted by atomic mass is 10.0. The molecular weight excluding hydrogens is 124 g/mol. The maximum atomic E-state index is 11.7. The fraction of sp³-hybridized carbons (Fsp3) is 0.667. The third kappa shape index (κ3) is 1.60. The highest BCUT2D eigenvalue weighted by Crippen LogP contribution is 2.25. The van der Waals surface area contributed by atoms with E-state index in [1.54, 1.807) is 0 Å². The van der Waals surface area contributed by atoms with Crippen LogP contribution in [0.3, 0.4) is 0 Å². The molecule has 0 heterocycles. The second-order valence-corrected chi connectivity index (χ2v) is 1.82. The Bertz CT molecular complexity index is 393. The Morgan fingerprint density at radius 2 is 2.30 bits per heavy atom. The molecule has 0 bridgehead atoms. The molecule has 0 aromatic heterocycles. The van der Waals surface area contributed by atoms with Crippen molar-refractivity contribution in [3.63, 3.8) is 0 Å². The second-order valence-electron chi connectivity index (χ2n) is 1.82. The summed E-state index contributed by atoms with van der Waals surface area (Å²) >= 11 is 0. The van der Waals surface area contributed by atoms with Crippen molar-refractivity contribution >= 4 is 5.78 Å². The SMILES string of the molecule is [2H]C1([2H])C(C(=O)CC#C)C([2H])([2H])C([2H])([2H])C1([2H])[2H]. The predicted molar refractivity (Wildman–Crippen MR) is 40.4 cm³/mol. The number of hydrogen-bond acceptors (Lipinski definition) is 1. The molecule has 1 aliphatic rings. The van der Waals surface area contributed by atoms with Gasteiger partial charge in [0.25, 0.3) is 0 Å². The van der Waals surface area contributed by atoms with Crippen molar-refractivity contribution in [1.29, 1.82) is 0 Å². The van der Waals surface area contributed by atoms with E-state index in [2.05, 4.69) is 0 Å². The van der Waals surface area contributed by atoms with Crippen molar-refractivity contribution in [2.75, 3.05) is 0 Å². The zero-order valence-corrected chi connectivity index (χ0v) is 5.27. The summed E-state index contributed by atoms with van der Waals surface area (Å²) in [5.41, 5.74) is 0. The van der Waals surface area contributed by atoms with Gasteiger partial charge in [0.1, 0.15) is 5.78 Å². The molecule has 1 heteroatoms. The van der Waals surface area contributed by atoms with Crippen LogP contribution in [-0.2, 0) is 4.79 Å². The van der Waals surface area contributed by atoms with Gasteiger partial charge in [-0.15, -0.1) is 6.42 Å². The molecule has 0 N–H and O–H groups in total. The highest BCUT2D eigenvalue weighted by Gasteiger charge is 2.20. The molecule has 0 aromatic carbocycles. The minimum atomic E-state index is -3.13. The standard InChI is InChI=1S/C9H12O/c1-2-5-9(10)8-6-3-4-7-8/h1,8H,3-7H2/i3D2,4D2,6D2,7D2. The zero-order chi connectivity index (χ0) is 14.6. The summed E-state index contributed by atoms with van der Waals surface area (Å²) in [6.07, 6.45) is -7.84. The van der Waals surface area contributed by atoms with E-state index in [1.807, 2.05) is 5.92 Å². The van der Waals surface area contributed by atoms with Crippen LogP contribution in [0.1, 0.15) is 42.9 Å². The van der Waals surface area contributed by atoms with Crippen LogP contribution in [0.5, 0.6) is 0 Å². The van der Waals surface area contributed by atoms with E-state index in [0.717, 1.165) is 0 Å². The van der Waals surface area contributed by atoms with Gasteiger partial charge in [0.05, 0.1) is 6.42 Å². The summed E-state index contributed by atoms with van der Waals surface area (Å²) in [5, 5.41) is 0. The lowest BCUT2D eigenvalue weighted by Gasteiger charge is -2.02. The number of carbonyl (C=O) groups is 1. The van der Waals surface area contributed by atoms with Crippen LogP contribution < -0.4 is 0 Å². The maximum absolute atomic E-state index is 11.7. The highest BCUT2D eigenvalue weighted by atomic mass is 16.1. The molecule has 10 heavy (non-hydrogen) atoms. The van der Waals surface area contributed by atoms with Gasteiger partial charge in [0.2, 0.25) is 0 Å². The molecule has 1 aliphatic carbocycles. The van der Waals surface area contributed by atoms with Crippen LogP contribution in [0, 0.1) is 18.3 Å². The fourth-order valence-electron chi connectivity index (χ4n) is 0.616. The number of ketones is 1. The second kappa shape index (κ2) is 3.41. The molecular formula is C9H12O. The minimum absolute atomic E-state index is 0.560. The van der Waals surface area contributed by atoms with E-state index in [0.29, 0.717) is 0 Å². The van der Waals surface area contributed by atoms with Gasteiger partial charge in [-0.05, 0) is 12.7 Å². The Kier molecular flexibility index (Phi) is 0.718. The molecule has 0 unspecified atom stereocenters. The highest BCUT2D eigenvalue weighted by molar-refractivity contribution is 5.83. The maximum Gasteiger partial charge on any atom is 0.147 e. The van der Waals surface area contributed by atoms with Gasteiger partial charge in [0.15, 0.2) is 0 Å². The molecule has 0 aromatic rings. The van der Waals surface area contributed by atoms with E-state index >= 15 is 0 Å². The first-order chi connectivity index (χ1) is 7.85. The molecule has 0 aliphatic heterocycles. The summed E-state index contributed by atoms with van der Waals surface area (Å²) in [7, 11) is 0. The van der Waals surface area contributed by atoms with Gasteiger partial charge in [-0.25, -0.2) is 0 Å². The van der Waals surface area contributed by atoms with Crippen LogP contribution in [0.25, 0.3) is 0 Å². The fourth-order valence-corrected chi connectivity index (χ4v) is 0.616. The van der Waals surface area contributed by atoms with Crippen LogP contribution in [0.15, 0.2) is 0 Å². The minimum Gasteiger partial charge on any atom is -0.298 e. The molecule has 1 rings (SSSR count). The first kappa shape index (κ1) is 2.11. The summed E-state index contributed by atoms with van der Waals surface area (Å²) in [5.74, 6) is -1.12. The van der Waals surface area contributed by atoms with Gasteiger partial charge in [-0.1, -0.05) is 18.7 Å². The van der Waals surface area contributed by atoms with Gasteiger partial charge in [0, 0.05) is 16.9 Å². The smallest absolute Gasteiger partial charge is 0.147 e. The van der Waals surface area contributed by atoms with Crippen LogP contribution >= 0.6 is 0 Å². The quantitative estimate of drug-likeness (QED) is 0.540. The number of rotatable bonds is 2. The Morgan fingerprint density at radius 3 is 2.80 bits per heavy atom. The largest absolute Gasteiger partial charge is 0.298 e. The Morgan fingerprint density at radius 1 is 1.70 bits per heavy atom. The van der Waals surface area contributed by atoms with Crippen LogP contribution in [0.4, 0.5) is 0 Å². The van der Waals surface area contributed by atoms with Gasteiger partial charge < -0.3 is 0 Å². The lowest BCUT2D eigenvalue weighted by Crippen LogP contribution is -2.08. The third-order valence-corrected chi connectivity index (χ3v) is 1.09. The average molecular weight is 144 g/mol. The number of carbonyl (C=O) groups excluding carboxylic acids is 1. The Balaban J connectivity index is 3.45. The molecule has 1 nitrogen and oxygen atoms in total. The van der Waals surface area contributed by atoms with Gasteiger partial charge in [-0.3, -0.25) is 4.79 Å². The molecule has 0 amide bonds. The van der Waals surface area contributed by atoms with Gasteiger partial charge in [-0.2, -0.15) is 0 Å². The molecule has 54 valence electrons. The number of Topliss-reactive ketones (excluding diaryl/α,β-unsaturated/α-hetero) is 1. The van der Waals surface area contributed by atoms with Crippen molar-refractivity contribution in [1.82, 2.24) is 0 Å². The Hall–Kier alpha value is -0.770. The first-order valence-corrected chi connectivity index (χ1v) is 2.82. The van der Waals surface area contributed by atoms with Crippen molar-refractivity contribution in [3.05, 3.63) is 0 Å². The Labute approximate surface area is 73.1 Å². The number of terminal acetylenes is 1. The van der Waals surface area contributed by atoms with Crippen molar-refractivity contribution in [2.45, 2.75) is 31.9 Å². The summed E-state index contributed by atoms with van der Waals surface area (Å²) < 4.78 is 60.3. The van der Waals surface area contributed by atoms with E-state index < -0.39 is 43.6 Å². The molecule has 0 saturated heterocycles. The van der Waals surface area contributed by atoms with Crippen molar-refractivity contribution in [2.24, 2.45) is 5.92 Å². The lowest BCUT2D eigenvalue weighted by molar-refractivity contribution is -0.121. The normalized spacial score (nSPS) is 50.7. The van der Waals surface area contributed by atoms with Crippen molar-refractivity contribution < 1.29 is 15.8 Å². The van der Waals surface area contributed by atoms with E-state index in [4.69, 9.17) is 17.4 Å². The predicted octanol–water partition coefficient (Wildman–Crippen LogP) is 1.77. The third-order valence-electron chi connectivity index (χ3n) is 1.09. The van der Waals surface area contributed by atoms with Crippen LogP contribution in [0.2, 0.25) is 0 Å². The van der Waals surface area contributed by atoms with E-state index in [1.165, 1.54) is 0 Å². The summed E-state index contributed by atoms with van der Waals surface area (Å²) in [4.78, 5) is 11.7. The molecule has 0 radical (unpaired) electrons. The summed E-state index contributed by atoms with van der Waals surface area (Å²) in [6, 6.07) is 0. The first-order valence-electron chi connectivity index (χ1n) is 6.82. The van der Waals surface area contributed by atoms with E-state index in [9.17, 15) is 4.79 Å². The topological polar surface area (TPSA) is 17.1 Å². The van der Waals surface area contributed by atoms with Gasteiger partial charge >= 0.3 is 0 Å².